The molecule has 58 valence electrons. The molecule has 1 nitrogen and oxygen atoms in total. The van der Waals surface area contributed by atoms with Crippen LogP contribution in [-0.4, -0.2) is 16.7 Å². The van der Waals surface area contributed by atoms with Crippen molar-refractivity contribution in [1.82, 2.24) is 0 Å². The van der Waals surface area contributed by atoms with Crippen LogP contribution in [0.4, 0.5) is 0 Å². The van der Waals surface area contributed by atoms with Crippen molar-refractivity contribution in [2.45, 2.75) is 6.67 Å². The first-order chi connectivity index (χ1) is 5.17. The van der Waals surface area contributed by atoms with Gasteiger partial charge in [0.25, 0.3) is 0 Å². The van der Waals surface area contributed by atoms with Crippen LogP contribution in [-0.2, 0) is 0 Å². The number of benzene rings is 1. The Balaban J connectivity index is 2.41. The van der Waals surface area contributed by atoms with Crippen LogP contribution in [0.3, 0.4) is 0 Å². The van der Waals surface area contributed by atoms with E-state index in [1.807, 2.05) is 0 Å². The van der Waals surface area contributed by atoms with Crippen molar-refractivity contribution < 1.29 is 0 Å². The van der Waals surface area contributed by atoms with E-state index in [1.165, 1.54) is 9.36 Å². The van der Waals surface area contributed by atoms with Crippen molar-refractivity contribution in [2.24, 2.45) is 5.73 Å². The molecule has 0 saturated heterocycles. The summed E-state index contributed by atoms with van der Waals surface area (Å²) in [6, 6.07) is 8.48. The Kier molecular flexibility index (Phi) is 2.23. The topological polar surface area (TPSA) is 26.0 Å². The Labute approximate surface area is 89.8 Å². The fourth-order valence-corrected chi connectivity index (χ4v) is 6.60. The third kappa shape index (κ3) is 1.75. The van der Waals surface area contributed by atoms with E-state index >= 15 is 0 Å². The Morgan fingerprint density at radius 3 is 2.91 bits per heavy atom. The molecule has 2 N–H and O–H groups in total. The summed E-state index contributed by atoms with van der Waals surface area (Å²) in [7, 11) is 0. The van der Waals surface area contributed by atoms with Crippen molar-refractivity contribution in [1.29, 1.82) is 0 Å². The van der Waals surface area contributed by atoms with Gasteiger partial charge < -0.3 is 0 Å². The van der Waals surface area contributed by atoms with Crippen LogP contribution in [0.2, 0.25) is 0 Å². The van der Waals surface area contributed by atoms with Crippen LogP contribution in [0.1, 0.15) is 0 Å². The molecule has 0 saturated carbocycles. The summed E-state index contributed by atoms with van der Waals surface area (Å²) in [4.78, 5) is 1.37. The molecule has 0 spiro atoms. The predicted molar refractivity (Wildman–Crippen MR) is 58.6 cm³/mol. The minimum absolute atomic E-state index is 0.0472. The summed E-state index contributed by atoms with van der Waals surface area (Å²) < 4.78 is 1.40. The van der Waals surface area contributed by atoms with Crippen molar-refractivity contribution >= 4 is 53.8 Å². The second-order valence-corrected chi connectivity index (χ2v) is 10.9. The molecule has 1 heterocycles. The third-order valence-electron chi connectivity index (χ3n) is 1.35. The average molecular weight is 342 g/mol. The number of nitrogens with two attached hydrogens (primary N) is 1. The van der Waals surface area contributed by atoms with Gasteiger partial charge in [-0.3, -0.25) is 0 Å². The Bertz CT molecular complexity index is 263. The van der Waals surface area contributed by atoms with Gasteiger partial charge in [0.1, 0.15) is 0 Å². The first-order valence-corrected chi connectivity index (χ1v) is 6.73. The van der Waals surface area contributed by atoms with Crippen LogP contribution in [0.25, 0.3) is 0 Å². The van der Waals surface area contributed by atoms with Crippen LogP contribution in [0.5, 0.6) is 0 Å². The van der Waals surface area contributed by atoms with Crippen molar-refractivity contribution in [2.75, 3.05) is 0 Å². The van der Waals surface area contributed by atoms with Gasteiger partial charge in [0.2, 0.25) is 0 Å². The van der Waals surface area contributed by atoms with Crippen LogP contribution in [0.15, 0.2) is 29.2 Å². The van der Waals surface area contributed by atoms with Gasteiger partial charge in [-0.2, -0.15) is 0 Å². The van der Waals surface area contributed by atoms with Gasteiger partial charge >= 0.3 is 90.4 Å². The molecule has 1 aromatic rings. The number of alkyl halides is 1. The monoisotopic (exact) mass is 343 g/mol. The number of halogens is 1. The molecule has 0 aromatic heterocycles. The Morgan fingerprint density at radius 1 is 1.45 bits per heavy atom. The van der Waals surface area contributed by atoms with Gasteiger partial charge in [0, 0.05) is 0 Å². The summed E-state index contributed by atoms with van der Waals surface area (Å²) in [6.45, 7) is 0. The van der Waals surface area contributed by atoms with Gasteiger partial charge in [-0.05, 0) is 0 Å². The quantitative estimate of drug-likeness (QED) is 0.331. The average Bonchev–Trinajstić information content (AvgIpc) is 2.21. The molecule has 1 atom stereocenters. The van der Waals surface area contributed by atoms with Crippen LogP contribution in [0, 0.1) is 0 Å². The van der Waals surface area contributed by atoms with E-state index in [-0.39, 0.29) is 1.78 Å². The number of hydrogen-bond donors (Lipinski definition) is 1. The van der Waals surface area contributed by atoms with Crippen LogP contribution >= 0.6 is 34.4 Å². The number of rotatable bonds is 0. The van der Waals surface area contributed by atoms with E-state index in [9.17, 15) is 0 Å². The molecule has 2 rings (SSSR count). The predicted octanol–water partition coefficient (Wildman–Crippen LogP) is 1.13. The summed E-state index contributed by atoms with van der Waals surface area (Å²) in [5.41, 5.74) is 6.01. The van der Waals surface area contributed by atoms with E-state index < -0.39 is 0 Å². The molecule has 11 heavy (non-hydrogen) atoms. The second kappa shape index (κ2) is 2.92. The maximum absolute atomic E-state index is 6.01. The molecule has 1 aromatic carbocycles. The molecule has 0 amide bonds. The van der Waals surface area contributed by atoms with Gasteiger partial charge in [-0.1, -0.05) is 0 Å². The molecule has 0 aliphatic carbocycles. The second-order valence-electron chi connectivity index (χ2n) is 2.23. The standard InChI is InChI=1S/C7H6INSSe/c8-7(9)10-5-3-1-2-4-6(5)11-7/h1-4H,9H2. The Hall–Kier alpha value is 0.779. The van der Waals surface area contributed by atoms with Crippen LogP contribution < -0.4 is 10.2 Å². The summed E-state index contributed by atoms with van der Waals surface area (Å²) >= 11 is 4.54. The van der Waals surface area contributed by atoms with Gasteiger partial charge in [0.15, 0.2) is 0 Å². The normalized spacial score (nSPS) is 28.5. The molecule has 0 radical (unpaired) electrons. The molecular weight excluding hydrogens is 336 g/mol. The van der Waals surface area contributed by atoms with Crippen molar-refractivity contribution in [3.63, 3.8) is 0 Å². The van der Waals surface area contributed by atoms with Gasteiger partial charge in [-0.15, -0.1) is 0 Å². The van der Waals surface area contributed by atoms with Crippen molar-refractivity contribution in [3.8, 4) is 0 Å². The third-order valence-corrected chi connectivity index (χ3v) is 7.05. The van der Waals surface area contributed by atoms with Crippen molar-refractivity contribution in [3.05, 3.63) is 24.3 Å². The molecular formula is C7H6INSSe. The fourth-order valence-electron chi connectivity index (χ4n) is 0.940. The summed E-state index contributed by atoms with van der Waals surface area (Å²) in [5, 5.41) is 0. The van der Waals surface area contributed by atoms with E-state index in [0.717, 1.165) is 0 Å². The van der Waals surface area contributed by atoms with E-state index in [4.69, 9.17) is 5.73 Å². The zero-order valence-corrected chi connectivity index (χ0v) is 10.3. The van der Waals surface area contributed by atoms with Gasteiger partial charge in [-0.25, -0.2) is 0 Å². The number of thioether (sulfide) groups is 1. The maximum atomic E-state index is 6.01. The SMILES string of the molecule is NC1(I)Sc2ccccc2[Se]1. The summed E-state index contributed by atoms with van der Waals surface area (Å²) in [6.07, 6.45) is 0. The first-order valence-electron chi connectivity index (χ1n) is 3.12. The van der Waals surface area contributed by atoms with E-state index in [0.29, 0.717) is 15.0 Å². The minimum atomic E-state index is -0.0472. The van der Waals surface area contributed by atoms with Gasteiger partial charge in [0.05, 0.1) is 0 Å². The Morgan fingerprint density at radius 2 is 2.18 bits per heavy atom. The fraction of sp³-hybridized carbons (Fsp3) is 0.143. The number of fused-ring (bicyclic) bond motifs is 1. The molecule has 0 bridgehead atoms. The molecule has 1 unspecified atom stereocenters. The first kappa shape index (κ1) is 8.38. The molecule has 1 aliphatic rings. The zero-order chi connectivity index (χ0) is 7.90. The molecule has 0 fully saturated rings. The van der Waals surface area contributed by atoms with E-state index in [2.05, 4.69) is 46.9 Å². The number of hydrogen-bond acceptors (Lipinski definition) is 2. The summed E-state index contributed by atoms with van der Waals surface area (Å²) in [5.74, 6) is 0. The van der Waals surface area contributed by atoms with E-state index in [1.54, 1.807) is 11.8 Å². The zero-order valence-electron chi connectivity index (χ0n) is 5.58. The molecule has 1 aliphatic heterocycles. The molecule has 4 heteroatoms.